The number of hydrogen-bond acceptors (Lipinski definition) is 3. The van der Waals surface area contributed by atoms with Crippen LogP contribution in [0.5, 0.6) is 0 Å². The van der Waals surface area contributed by atoms with E-state index in [1.807, 2.05) is 0 Å². The van der Waals surface area contributed by atoms with Crippen molar-refractivity contribution in [3.8, 4) is 0 Å². The van der Waals surface area contributed by atoms with Crippen LogP contribution in [0.1, 0.15) is 72.6 Å². The van der Waals surface area contributed by atoms with E-state index in [1.165, 1.54) is 38.6 Å². The van der Waals surface area contributed by atoms with E-state index in [0.717, 1.165) is 12.8 Å². The molecule has 2 aliphatic heterocycles. The molecule has 3 fully saturated rings. The summed E-state index contributed by atoms with van der Waals surface area (Å²) in [6, 6.07) is 1.06. The second-order valence-corrected chi connectivity index (χ2v) is 8.65. The first-order chi connectivity index (χ1) is 9.80. The van der Waals surface area contributed by atoms with Crippen LogP contribution in [0.2, 0.25) is 0 Å². The first-order valence-corrected chi connectivity index (χ1v) is 8.94. The molecule has 0 aromatic heterocycles. The van der Waals surface area contributed by atoms with Crippen LogP contribution >= 0.6 is 0 Å². The van der Waals surface area contributed by atoms with Gasteiger partial charge in [0.1, 0.15) is 0 Å². The van der Waals surface area contributed by atoms with Crippen LogP contribution in [0, 0.1) is 5.92 Å². The van der Waals surface area contributed by atoms with Crippen molar-refractivity contribution >= 4 is 0 Å². The molecular formula is C18H33NO2. The Labute approximate surface area is 130 Å². The minimum atomic E-state index is -0.0807. The quantitative estimate of drug-likeness (QED) is 0.848. The lowest BCUT2D eigenvalue weighted by atomic mass is 9.83. The van der Waals surface area contributed by atoms with Crippen LogP contribution in [0.3, 0.4) is 0 Å². The highest BCUT2D eigenvalue weighted by Crippen LogP contribution is 2.44. The van der Waals surface area contributed by atoms with E-state index < -0.39 is 0 Å². The highest BCUT2D eigenvalue weighted by Gasteiger charge is 2.51. The van der Waals surface area contributed by atoms with Gasteiger partial charge in [-0.1, -0.05) is 12.8 Å². The molecule has 3 heteroatoms. The summed E-state index contributed by atoms with van der Waals surface area (Å²) in [6.07, 6.45) is 8.33. The smallest absolute Gasteiger partial charge is 0.0789 e. The molecule has 3 rings (SSSR count). The molecule has 0 radical (unpaired) electrons. The van der Waals surface area contributed by atoms with Gasteiger partial charge in [-0.05, 0) is 66.3 Å². The van der Waals surface area contributed by atoms with Crippen molar-refractivity contribution in [1.29, 1.82) is 0 Å². The molecule has 3 aliphatic rings. The normalized spacial score (nSPS) is 43.3. The molecule has 0 aromatic carbocycles. The van der Waals surface area contributed by atoms with Crippen molar-refractivity contribution in [3.63, 3.8) is 0 Å². The van der Waals surface area contributed by atoms with Gasteiger partial charge in [0.25, 0.3) is 0 Å². The van der Waals surface area contributed by atoms with Crippen LogP contribution in [0.15, 0.2) is 0 Å². The molecule has 0 aromatic rings. The molecule has 4 atom stereocenters. The number of ether oxygens (including phenoxy) is 1. The van der Waals surface area contributed by atoms with Crippen molar-refractivity contribution in [2.75, 3.05) is 6.54 Å². The zero-order chi connectivity index (χ0) is 15.3. The lowest BCUT2D eigenvalue weighted by molar-refractivity contribution is -0.0926. The number of hydrogen-bond donors (Lipinski definition) is 1. The largest absolute Gasteiger partial charge is 0.393 e. The van der Waals surface area contributed by atoms with Crippen LogP contribution in [0.4, 0.5) is 0 Å². The van der Waals surface area contributed by atoms with Crippen molar-refractivity contribution in [2.24, 2.45) is 5.92 Å². The molecule has 4 unspecified atom stereocenters. The zero-order valence-electron chi connectivity index (χ0n) is 14.3. The highest BCUT2D eigenvalue weighted by atomic mass is 16.5. The van der Waals surface area contributed by atoms with Gasteiger partial charge in [-0.2, -0.15) is 0 Å². The van der Waals surface area contributed by atoms with Crippen LogP contribution in [-0.4, -0.2) is 45.9 Å². The number of piperidine rings is 1. The second kappa shape index (κ2) is 5.50. The fourth-order valence-corrected chi connectivity index (χ4v) is 5.29. The first kappa shape index (κ1) is 15.8. The number of likely N-dealkylation sites (tertiary alicyclic amines) is 1. The number of nitrogens with zero attached hydrogens (tertiary/aromatic N) is 1. The lowest BCUT2D eigenvalue weighted by Crippen LogP contribution is -2.56. The maximum absolute atomic E-state index is 10.4. The van der Waals surface area contributed by atoms with Gasteiger partial charge in [-0.25, -0.2) is 0 Å². The average molecular weight is 295 g/mol. The Morgan fingerprint density at radius 1 is 1.00 bits per heavy atom. The van der Waals surface area contributed by atoms with Crippen molar-refractivity contribution < 1.29 is 9.84 Å². The summed E-state index contributed by atoms with van der Waals surface area (Å²) in [7, 11) is 0. The van der Waals surface area contributed by atoms with E-state index >= 15 is 0 Å². The van der Waals surface area contributed by atoms with E-state index in [4.69, 9.17) is 4.74 Å². The Bertz CT molecular complexity index is 379. The first-order valence-electron chi connectivity index (χ1n) is 8.94. The van der Waals surface area contributed by atoms with Crippen LogP contribution in [-0.2, 0) is 4.74 Å². The van der Waals surface area contributed by atoms with Gasteiger partial charge < -0.3 is 9.84 Å². The van der Waals surface area contributed by atoms with Crippen LogP contribution in [0.25, 0.3) is 0 Å². The molecule has 122 valence electrons. The Hall–Kier alpha value is -0.120. The van der Waals surface area contributed by atoms with E-state index in [-0.39, 0.29) is 17.3 Å². The molecule has 0 bridgehead atoms. The third-order valence-corrected chi connectivity index (χ3v) is 6.05. The van der Waals surface area contributed by atoms with Crippen molar-refractivity contribution in [1.82, 2.24) is 4.90 Å². The molecule has 0 spiro atoms. The van der Waals surface area contributed by atoms with Gasteiger partial charge in [0.05, 0.1) is 17.3 Å². The van der Waals surface area contributed by atoms with Gasteiger partial charge in [-0.3, -0.25) is 4.90 Å². The SMILES string of the molecule is CC1(C)CC(N2CCCCC2C2CCCC2O)C(C)(C)O1. The third kappa shape index (κ3) is 3.02. The lowest BCUT2D eigenvalue weighted by Gasteiger charge is -2.46. The predicted octanol–water partition coefficient (Wildman–Crippen LogP) is 3.35. The minimum absolute atomic E-state index is 0.0234. The topological polar surface area (TPSA) is 32.7 Å². The summed E-state index contributed by atoms with van der Waals surface area (Å²) < 4.78 is 6.34. The molecule has 21 heavy (non-hydrogen) atoms. The molecule has 3 nitrogen and oxygen atoms in total. The minimum Gasteiger partial charge on any atom is -0.393 e. The van der Waals surface area contributed by atoms with Crippen molar-refractivity contribution in [3.05, 3.63) is 0 Å². The summed E-state index contributed by atoms with van der Waals surface area (Å²) in [5.41, 5.74) is -0.104. The van der Waals surface area contributed by atoms with E-state index in [9.17, 15) is 5.11 Å². The van der Waals surface area contributed by atoms with Gasteiger partial charge in [0, 0.05) is 18.0 Å². The summed E-state index contributed by atoms with van der Waals surface area (Å²) in [6.45, 7) is 10.1. The predicted molar refractivity (Wildman–Crippen MR) is 85.3 cm³/mol. The maximum atomic E-state index is 10.4. The molecule has 1 N–H and O–H groups in total. The molecule has 1 aliphatic carbocycles. The summed E-state index contributed by atoms with van der Waals surface area (Å²) in [5, 5.41) is 10.4. The van der Waals surface area contributed by atoms with Gasteiger partial charge in [-0.15, -0.1) is 0 Å². The van der Waals surface area contributed by atoms with E-state index in [1.54, 1.807) is 0 Å². The van der Waals surface area contributed by atoms with Crippen molar-refractivity contribution in [2.45, 2.75) is 102 Å². The third-order valence-electron chi connectivity index (χ3n) is 6.05. The summed E-state index contributed by atoms with van der Waals surface area (Å²) >= 11 is 0. The molecule has 2 heterocycles. The number of aliphatic hydroxyl groups is 1. The monoisotopic (exact) mass is 295 g/mol. The second-order valence-electron chi connectivity index (χ2n) is 8.65. The fraction of sp³-hybridized carbons (Fsp3) is 1.00. The maximum Gasteiger partial charge on any atom is 0.0789 e. The number of aliphatic hydroxyl groups excluding tert-OH is 1. The zero-order valence-corrected chi connectivity index (χ0v) is 14.3. The number of rotatable bonds is 2. The Morgan fingerprint density at radius 2 is 1.76 bits per heavy atom. The van der Waals surface area contributed by atoms with Gasteiger partial charge in [0.15, 0.2) is 0 Å². The Balaban J connectivity index is 1.81. The molecule has 1 saturated carbocycles. The molecule has 2 saturated heterocycles. The average Bonchev–Trinajstić information content (AvgIpc) is 2.89. The fourth-order valence-electron chi connectivity index (χ4n) is 5.29. The highest BCUT2D eigenvalue weighted by molar-refractivity contribution is 5.04. The van der Waals surface area contributed by atoms with Gasteiger partial charge in [0.2, 0.25) is 0 Å². The molecular weight excluding hydrogens is 262 g/mol. The standard InChI is InChI=1S/C18H33NO2/c1-17(2)12-16(18(3,4)21-17)19-11-6-5-9-14(19)13-8-7-10-15(13)20/h13-16,20H,5-12H2,1-4H3. The van der Waals surface area contributed by atoms with E-state index in [2.05, 4.69) is 32.6 Å². The summed E-state index contributed by atoms with van der Waals surface area (Å²) in [5.74, 6) is 0.491. The Morgan fingerprint density at radius 3 is 2.33 bits per heavy atom. The Kier molecular flexibility index (Phi) is 4.13. The van der Waals surface area contributed by atoms with Crippen LogP contribution < -0.4 is 0 Å². The van der Waals surface area contributed by atoms with E-state index in [0.29, 0.717) is 18.0 Å². The molecule has 0 amide bonds. The summed E-state index contributed by atoms with van der Waals surface area (Å²) in [4.78, 5) is 2.72. The van der Waals surface area contributed by atoms with Gasteiger partial charge >= 0.3 is 0 Å².